The summed E-state index contributed by atoms with van der Waals surface area (Å²) in [6, 6.07) is 0. The molecule has 0 aliphatic carbocycles. The Hall–Kier alpha value is -1.76. The van der Waals surface area contributed by atoms with Gasteiger partial charge in [0.2, 0.25) is 0 Å². The highest BCUT2D eigenvalue weighted by atomic mass is 16.3. The third-order valence-corrected chi connectivity index (χ3v) is 1.80. The highest BCUT2D eigenvalue weighted by Crippen LogP contribution is 1.99. The second kappa shape index (κ2) is 3.54. The van der Waals surface area contributed by atoms with Crippen LogP contribution in [0.3, 0.4) is 0 Å². The number of hydrogen-bond acceptors (Lipinski definition) is 5. The van der Waals surface area contributed by atoms with Crippen molar-refractivity contribution in [3.63, 3.8) is 0 Å². The van der Waals surface area contributed by atoms with Crippen LogP contribution in [0.25, 0.3) is 0 Å². The van der Waals surface area contributed by atoms with Gasteiger partial charge >= 0.3 is 0 Å². The van der Waals surface area contributed by atoms with Gasteiger partial charge in [0, 0.05) is 13.2 Å². The maximum absolute atomic E-state index is 8.93. The minimum Gasteiger partial charge on any atom is -0.388 e. The summed E-state index contributed by atoms with van der Waals surface area (Å²) in [5, 5.41) is 20.6. The van der Waals surface area contributed by atoms with Crippen molar-refractivity contribution in [2.75, 3.05) is 0 Å². The molecule has 74 valence electrons. The molecule has 2 aromatic heterocycles. The van der Waals surface area contributed by atoms with Crippen LogP contribution in [0.1, 0.15) is 11.5 Å². The first-order valence-electron chi connectivity index (χ1n) is 4.12. The number of aliphatic hydroxyl groups excluding tert-OH is 1. The van der Waals surface area contributed by atoms with Gasteiger partial charge in [-0.15, -0.1) is 5.10 Å². The summed E-state index contributed by atoms with van der Waals surface area (Å²) in [4.78, 5) is 3.88. The molecule has 0 saturated carbocycles. The topological polar surface area (TPSA) is 81.7 Å². The molecule has 0 fully saturated rings. The molecule has 2 heterocycles. The Bertz CT molecular complexity index is 419. The predicted molar refractivity (Wildman–Crippen MR) is 46.0 cm³/mol. The molecule has 0 unspecified atom stereocenters. The van der Waals surface area contributed by atoms with Crippen LogP contribution in [0.4, 0.5) is 0 Å². The SMILES string of the molecule is Cn1cc(Cn2ncnc2CO)nn1. The first-order chi connectivity index (χ1) is 6.79. The first kappa shape index (κ1) is 8.82. The zero-order valence-corrected chi connectivity index (χ0v) is 7.70. The van der Waals surface area contributed by atoms with E-state index in [9.17, 15) is 0 Å². The fourth-order valence-corrected chi connectivity index (χ4v) is 1.16. The average molecular weight is 194 g/mol. The van der Waals surface area contributed by atoms with Crippen molar-refractivity contribution in [1.29, 1.82) is 0 Å². The Morgan fingerprint density at radius 1 is 1.50 bits per heavy atom. The Kier molecular flexibility index (Phi) is 2.23. The Labute approximate surface area is 80.0 Å². The Morgan fingerprint density at radius 3 is 3.00 bits per heavy atom. The molecule has 0 atom stereocenters. The number of nitrogens with zero attached hydrogens (tertiary/aromatic N) is 6. The highest BCUT2D eigenvalue weighted by molar-refractivity contribution is 4.94. The lowest BCUT2D eigenvalue weighted by atomic mass is 10.4. The van der Waals surface area contributed by atoms with Gasteiger partial charge in [-0.1, -0.05) is 5.21 Å². The third-order valence-electron chi connectivity index (χ3n) is 1.80. The van der Waals surface area contributed by atoms with Crippen molar-refractivity contribution in [3.05, 3.63) is 24.0 Å². The summed E-state index contributed by atoms with van der Waals surface area (Å²) in [6.07, 6.45) is 3.20. The monoisotopic (exact) mass is 194 g/mol. The van der Waals surface area contributed by atoms with E-state index in [1.807, 2.05) is 0 Å². The molecule has 0 aromatic carbocycles. The van der Waals surface area contributed by atoms with Gasteiger partial charge in [0.15, 0.2) is 5.82 Å². The number of aryl methyl sites for hydroxylation is 1. The predicted octanol–water partition coefficient (Wildman–Crippen LogP) is -1.05. The van der Waals surface area contributed by atoms with E-state index in [4.69, 9.17) is 5.11 Å². The number of aliphatic hydroxyl groups is 1. The van der Waals surface area contributed by atoms with Crippen LogP contribution in [0.2, 0.25) is 0 Å². The molecule has 2 rings (SSSR count). The second-order valence-electron chi connectivity index (χ2n) is 2.88. The summed E-state index contributed by atoms with van der Waals surface area (Å²) in [7, 11) is 1.80. The van der Waals surface area contributed by atoms with E-state index in [0.29, 0.717) is 12.4 Å². The van der Waals surface area contributed by atoms with E-state index in [1.54, 1.807) is 22.6 Å². The van der Waals surface area contributed by atoms with Crippen LogP contribution in [-0.2, 0) is 20.2 Å². The van der Waals surface area contributed by atoms with E-state index in [1.165, 1.54) is 6.33 Å². The van der Waals surface area contributed by atoms with E-state index in [-0.39, 0.29) is 6.61 Å². The smallest absolute Gasteiger partial charge is 0.152 e. The second-order valence-corrected chi connectivity index (χ2v) is 2.88. The standard InChI is InChI=1S/C7H10N6O/c1-12-2-6(10-11-12)3-13-7(4-14)8-5-9-13/h2,5,14H,3-4H2,1H3. The molecular weight excluding hydrogens is 184 g/mol. The normalized spacial score (nSPS) is 10.7. The molecule has 0 aliphatic heterocycles. The molecule has 0 spiro atoms. The van der Waals surface area contributed by atoms with Crippen molar-refractivity contribution in [1.82, 2.24) is 29.8 Å². The summed E-state index contributed by atoms with van der Waals surface area (Å²) < 4.78 is 3.20. The molecule has 0 aliphatic rings. The zero-order valence-electron chi connectivity index (χ0n) is 7.70. The van der Waals surface area contributed by atoms with Gasteiger partial charge in [0.1, 0.15) is 18.6 Å². The summed E-state index contributed by atoms with van der Waals surface area (Å²) >= 11 is 0. The zero-order chi connectivity index (χ0) is 9.97. The van der Waals surface area contributed by atoms with Crippen LogP contribution in [0, 0.1) is 0 Å². The first-order valence-corrected chi connectivity index (χ1v) is 4.12. The van der Waals surface area contributed by atoms with Gasteiger partial charge in [-0.05, 0) is 0 Å². The van der Waals surface area contributed by atoms with Crippen LogP contribution in [0.5, 0.6) is 0 Å². The van der Waals surface area contributed by atoms with E-state index >= 15 is 0 Å². The minimum absolute atomic E-state index is 0.125. The van der Waals surface area contributed by atoms with Crippen molar-refractivity contribution in [2.24, 2.45) is 7.05 Å². The molecule has 7 heteroatoms. The molecule has 0 bridgehead atoms. The Balaban J connectivity index is 2.18. The number of aromatic nitrogens is 6. The van der Waals surface area contributed by atoms with Gasteiger partial charge in [0.25, 0.3) is 0 Å². The van der Waals surface area contributed by atoms with Crippen molar-refractivity contribution < 1.29 is 5.11 Å². The maximum Gasteiger partial charge on any atom is 0.152 e. The summed E-state index contributed by atoms with van der Waals surface area (Å²) in [6.45, 7) is 0.351. The lowest BCUT2D eigenvalue weighted by Crippen LogP contribution is -2.07. The van der Waals surface area contributed by atoms with Gasteiger partial charge in [0.05, 0.1) is 6.54 Å². The quantitative estimate of drug-likeness (QED) is 0.674. The Morgan fingerprint density at radius 2 is 2.36 bits per heavy atom. The van der Waals surface area contributed by atoms with Gasteiger partial charge in [-0.2, -0.15) is 5.10 Å². The maximum atomic E-state index is 8.93. The average Bonchev–Trinajstić information content (AvgIpc) is 2.76. The van der Waals surface area contributed by atoms with E-state index < -0.39 is 0 Å². The molecule has 0 radical (unpaired) electrons. The van der Waals surface area contributed by atoms with Gasteiger partial charge in [-0.25, -0.2) is 9.67 Å². The molecule has 1 N–H and O–H groups in total. The third kappa shape index (κ3) is 1.62. The number of hydrogen-bond donors (Lipinski definition) is 1. The minimum atomic E-state index is -0.125. The van der Waals surface area contributed by atoms with Gasteiger partial charge < -0.3 is 5.11 Å². The van der Waals surface area contributed by atoms with E-state index in [0.717, 1.165) is 5.69 Å². The van der Waals surface area contributed by atoms with Crippen LogP contribution >= 0.6 is 0 Å². The van der Waals surface area contributed by atoms with Crippen molar-refractivity contribution in [2.45, 2.75) is 13.2 Å². The number of rotatable bonds is 3. The molecule has 0 amide bonds. The van der Waals surface area contributed by atoms with Gasteiger partial charge in [-0.3, -0.25) is 4.68 Å². The summed E-state index contributed by atoms with van der Waals surface area (Å²) in [5.41, 5.74) is 0.785. The fourth-order valence-electron chi connectivity index (χ4n) is 1.16. The van der Waals surface area contributed by atoms with Crippen LogP contribution in [-0.4, -0.2) is 34.9 Å². The van der Waals surface area contributed by atoms with Crippen LogP contribution < -0.4 is 0 Å². The summed E-state index contributed by atoms with van der Waals surface area (Å²) in [5.74, 6) is 0.524. The molecule has 7 nitrogen and oxygen atoms in total. The molecule has 14 heavy (non-hydrogen) atoms. The van der Waals surface area contributed by atoms with Crippen LogP contribution in [0.15, 0.2) is 12.5 Å². The van der Waals surface area contributed by atoms with Crippen molar-refractivity contribution >= 4 is 0 Å². The largest absolute Gasteiger partial charge is 0.388 e. The van der Waals surface area contributed by atoms with Crippen molar-refractivity contribution in [3.8, 4) is 0 Å². The molecular formula is C7H10N6O. The lowest BCUT2D eigenvalue weighted by Gasteiger charge is -1.99. The van der Waals surface area contributed by atoms with E-state index in [2.05, 4.69) is 20.4 Å². The molecule has 0 saturated heterocycles. The molecule has 2 aromatic rings. The fraction of sp³-hybridized carbons (Fsp3) is 0.429. The highest BCUT2D eigenvalue weighted by Gasteiger charge is 2.05. The lowest BCUT2D eigenvalue weighted by molar-refractivity contribution is 0.263.